The third-order valence-corrected chi connectivity index (χ3v) is 8.72. The third kappa shape index (κ3) is 8.70. The average molecular weight is 666 g/mol. The van der Waals surface area contributed by atoms with E-state index in [4.69, 9.17) is 30.5 Å². The van der Waals surface area contributed by atoms with E-state index >= 15 is 0 Å². The van der Waals surface area contributed by atoms with Crippen LogP contribution in [0.5, 0.6) is 23.0 Å². The Bertz CT molecular complexity index is 1790. The van der Waals surface area contributed by atoms with E-state index in [0.717, 1.165) is 21.0 Å². The summed E-state index contributed by atoms with van der Waals surface area (Å²) in [6.07, 6.45) is 1.44. The van der Waals surface area contributed by atoms with Crippen LogP contribution in [0.2, 0.25) is 5.02 Å². The minimum atomic E-state index is -4.21. The zero-order chi connectivity index (χ0) is 33.3. The van der Waals surface area contributed by atoms with E-state index in [0.29, 0.717) is 46.7 Å². The number of aryl methyl sites for hydroxylation is 2. The molecule has 12 heteroatoms. The summed E-state index contributed by atoms with van der Waals surface area (Å²) in [6, 6.07) is 22.2. The van der Waals surface area contributed by atoms with Crippen LogP contribution in [-0.2, 0) is 21.4 Å². The monoisotopic (exact) mass is 665 g/mol. The molecule has 0 radical (unpaired) electrons. The van der Waals surface area contributed by atoms with Crippen LogP contribution in [0.4, 0.5) is 5.69 Å². The van der Waals surface area contributed by atoms with Gasteiger partial charge in [-0.1, -0.05) is 29.8 Å². The molecular weight excluding hydrogens is 630 g/mol. The van der Waals surface area contributed by atoms with Crippen LogP contribution in [0.25, 0.3) is 0 Å². The Morgan fingerprint density at radius 3 is 2.17 bits per heavy atom. The van der Waals surface area contributed by atoms with Gasteiger partial charge < -0.3 is 18.9 Å². The Labute approximate surface area is 274 Å². The predicted octanol–water partition coefficient (Wildman–Crippen LogP) is 6.30. The number of carbonyl (C=O) groups is 1. The summed E-state index contributed by atoms with van der Waals surface area (Å²) in [7, 11) is -1.34. The second-order valence-corrected chi connectivity index (χ2v) is 12.5. The van der Waals surface area contributed by atoms with Crippen LogP contribution in [0.1, 0.15) is 29.2 Å². The Morgan fingerprint density at radius 2 is 1.52 bits per heavy atom. The fourth-order valence-corrected chi connectivity index (χ4v) is 6.14. The molecule has 0 fully saturated rings. The summed E-state index contributed by atoms with van der Waals surface area (Å²) in [5.41, 5.74) is 6.03. The van der Waals surface area contributed by atoms with E-state index in [9.17, 15) is 13.2 Å². The second kappa shape index (κ2) is 15.5. The molecule has 0 saturated carbocycles. The SMILES string of the molecule is CCOc1cc(/C=N\NC(=O)CN(c2cc(C)cc(C)c2)S(=O)(=O)c2ccc(OC)c(OC)c2)ccc1OCc1ccc(Cl)cc1. The zero-order valence-corrected chi connectivity index (χ0v) is 27.8. The number of rotatable bonds is 14. The van der Waals surface area contributed by atoms with Crippen molar-refractivity contribution < 1.29 is 32.2 Å². The number of methoxy groups -OCH3 is 2. The number of ether oxygens (including phenoxy) is 4. The predicted molar refractivity (Wildman–Crippen MR) is 179 cm³/mol. The average Bonchev–Trinajstić information content (AvgIpc) is 3.03. The van der Waals surface area contributed by atoms with Crippen LogP contribution in [-0.4, -0.2) is 47.9 Å². The number of halogens is 1. The lowest BCUT2D eigenvalue weighted by atomic mass is 10.1. The molecule has 46 heavy (non-hydrogen) atoms. The molecule has 0 unspecified atom stereocenters. The van der Waals surface area contributed by atoms with Gasteiger partial charge in [0.25, 0.3) is 15.9 Å². The van der Waals surface area contributed by atoms with Gasteiger partial charge in [-0.25, -0.2) is 13.8 Å². The van der Waals surface area contributed by atoms with Crippen molar-refractivity contribution in [3.05, 3.63) is 106 Å². The molecule has 0 bridgehead atoms. The van der Waals surface area contributed by atoms with Gasteiger partial charge >= 0.3 is 0 Å². The first-order chi connectivity index (χ1) is 22.0. The lowest BCUT2D eigenvalue weighted by molar-refractivity contribution is -0.119. The highest BCUT2D eigenvalue weighted by molar-refractivity contribution is 7.92. The maximum Gasteiger partial charge on any atom is 0.264 e. The number of hydrazone groups is 1. The minimum absolute atomic E-state index is 0.0672. The molecule has 0 aromatic heterocycles. The molecule has 1 amide bonds. The standard InChI is InChI=1S/C34H36ClN3O7S/c1-6-44-33-18-26(9-13-31(33)45-22-25-7-10-27(35)11-8-25)20-36-37-34(39)21-38(28-16-23(2)15-24(3)17-28)46(40,41)29-12-14-30(42-4)32(19-29)43-5/h7-20H,6,21-22H2,1-5H3,(H,37,39)/b36-20-. The Kier molecular flexibility index (Phi) is 11.5. The van der Waals surface area contributed by atoms with Gasteiger partial charge in [-0.3, -0.25) is 9.10 Å². The maximum atomic E-state index is 13.9. The van der Waals surface area contributed by atoms with Crippen molar-refractivity contribution in [3.63, 3.8) is 0 Å². The maximum absolute atomic E-state index is 13.9. The summed E-state index contributed by atoms with van der Waals surface area (Å²) in [5.74, 6) is 1.02. The lowest BCUT2D eigenvalue weighted by Crippen LogP contribution is -2.39. The fourth-order valence-electron chi connectivity index (χ4n) is 4.59. The normalized spacial score (nSPS) is 11.3. The number of nitrogens with zero attached hydrogens (tertiary/aromatic N) is 2. The topological polar surface area (TPSA) is 116 Å². The van der Waals surface area contributed by atoms with E-state index in [2.05, 4.69) is 10.5 Å². The van der Waals surface area contributed by atoms with Gasteiger partial charge in [-0.05, 0) is 97.6 Å². The highest BCUT2D eigenvalue weighted by Crippen LogP contribution is 2.33. The first kappa shape index (κ1) is 34.1. The molecule has 0 atom stereocenters. The summed E-state index contributed by atoms with van der Waals surface area (Å²) in [5, 5.41) is 4.71. The molecule has 242 valence electrons. The quantitative estimate of drug-likeness (QED) is 0.124. The van der Waals surface area contributed by atoms with Gasteiger partial charge in [-0.15, -0.1) is 0 Å². The number of hydrogen-bond donors (Lipinski definition) is 1. The van der Waals surface area contributed by atoms with Gasteiger partial charge in [0.2, 0.25) is 0 Å². The molecule has 0 aliphatic carbocycles. The summed E-state index contributed by atoms with van der Waals surface area (Å²) in [6.45, 7) is 5.78. The summed E-state index contributed by atoms with van der Waals surface area (Å²) in [4.78, 5) is 13.1. The smallest absolute Gasteiger partial charge is 0.264 e. The Balaban J connectivity index is 1.52. The molecule has 0 aliphatic heterocycles. The van der Waals surface area contributed by atoms with Gasteiger partial charge in [0.15, 0.2) is 23.0 Å². The van der Waals surface area contributed by atoms with Gasteiger partial charge in [-0.2, -0.15) is 5.10 Å². The van der Waals surface area contributed by atoms with Crippen molar-refractivity contribution >= 4 is 39.4 Å². The molecule has 0 aliphatic rings. The molecule has 10 nitrogen and oxygen atoms in total. The summed E-state index contributed by atoms with van der Waals surface area (Å²) < 4.78 is 51.2. The number of amides is 1. The van der Waals surface area contributed by atoms with Crippen molar-refractivity contribution in [2.45, 2.75) is 32.3 Å². The Hall–Kier alpha value is -4.74. The van der Waals surface area contributed by atoms with Gasteiger partial charge in [0.05, 0.1) is 37.6 Å². The molecule has 4 aromatic rings. The number of nitrogens with one attached hydrogen (secondary N) is 1. The van der Waals surface area contributed by atoms with Crippen molar-refractivity contribution in [1.82, 2.24) is 5.43 Å². The molecule has 0 saturated heterocycles. The number of benzene rings is 4. The van der Waals surface area contributed by atoms with Crippen LogP contribution in [0.3, 0.4) is 0 Å². The molecular formula is C34H36ClN3O7S. The summed E-state index contributed by atoms with van der Waals surface area (Å²) >= 11 is 5.97. The highest BCUT2D eigenvalue weighted by Gasteiger charge is 2.28. The van der Waals surface area contributed by atoms with Crippen molar-refractivity contribution in [3.8, 4) is 23.0 Å². The van der Waals surface area contributed by atoms with E-state index in [-0.39, 0.29) is 10.6 Å². The van der Waals surface area contributed by atoms with Crippen molar-refractivity contribution in [2.24, 2.45) is 5.10 Å². The van der Waals surface area contributed by atoms with Crippen LogP contribution in [0.15, 0.2) is 88.9 Å². The van der Waals surface area contributed by atoms with E-state index in [1.807, 2.05) is 39.0 Å². The number of anilines is 1. The number of sulfonamides is 1. The minimum Gasteiger partial charge on any atom is -0.493 e. The lowest BCUT2D eigenvalue weighted by Gasteiger charge is -2.25. The largest absolute Gasteiger partial charge is 0.493 e. The van der Waals surface area contributed by atoms with Gasteiger partial charge in [0.1, 0.15) is 13.2 Å². The van der Waals surface area contributed by atoms with Crippen LogP contribution < -0.4 is 28.7 Å². The molecule has 0 heterocycles. The highest BCUT2D eigenvalue weighted by atomic mass is 35.5. The van der Waals surface area contributed by atoms with E-state index in [1.165, 1.54) is 38.6 Å². The first-order valence-electron chi connectivity index (χ1n) is 14.3. The van der Waals surface area contributed by atoms with Crippen LogP contribution in [0, 0.1) is 13.8 Å². The van der Waals surface area contributed by atoms with Crippen LogP contribution >= 0.6 is 11.6 Å². The van der Waals surface area contributed by atoms with E-state index < -0.39 is 22.5 Å². The van der Waals surface area contributed by atoms with Crippen molar-refractivity contribution in [1.29, 1.82) is 0 Å². The third-order valence-electron chi connectivity index (χ3n) is 6.70. The number of carbonyl (C=O) groups excluding carboxylic acids is 1. The fraction of sp³-hybridized carbons (Fsp3) is 0.235. The number of hydrogen-bond acceptors (Lipinski definition) is 8. The molecule has 0 spiro atoms. The first-order valence-corrected chi connectivity index (χ1v) is 16.1. The molecule has 1 N–H and O–H groups in total. The van der Waals surface area contributed by atoms with E-state index in [1.54, 1.807) is 42.5 Å². The Morgan fingerprint density at radius 1 is 0.848 bits per heavy atom. The van der Waals surface area contributed by atoms with Gasteiger partial charge in [0, 0.05) is 11.1 Å². The molecule has 4 aromatic carbocycles. The molecule has 4 rings (SSSR count). The van der Waals surface area contributed by atoms with Crippen molar-refractivity contribution in [2.75, 3.05) is 31.7 Å². The zero-order valence-electron chi connectivity index (χ0n) is 26.2. The second-order valence-electron chi connectivity index (χ2n) is 10.2.